The Bertz CT molecular complexity index is 312. The molecule has 0 radical (unpaired) electrons. The number of benzene rings is 1. The van der Waals surface area contributed by atoms with E-state index in [-0.39, 0.29) is 0 Å². The van der Waals surface area contributed by atoms with Gasteiger partial charge in [-0.15, -0.1) is 0 Å². The fraction of sp³-hybridized carbons (Fsp3) is 0.417. The van der Waals surface area contributed by atoms with E-state index < -0.39 is 0 Å². The van der Waals surface area contributed by atoms with Gasteiger partial charge < -0.3 is 4.84 Å². The van der Waals surface area contributed by atoms with Gasteiger partial charge in [0.1, 0.15) is 6.61 Å². The molecule has 15 heavy (non-hydrogen) atoms. The summed E-state index contributed by atoms with van der Waals surface area (Å²) in [5, 5.41) is 4.58. The standard InChI is InChI=1S/C12H16ClNO/c1-2-3-4-8-15-14-10-11-6-5-7-12(13)9-11/h5-7,9-10H,2-4,8H2,1H3. The Hall–Kier alpha value is -1.02. The molecular formula is C12H16ClNO. The topological polar surface area (TPSA) is 21.6 Å². The zero-order valence-corrected chi connectivity index (χ0v) is 9.70. The Kier molecular flexibility index (Phi) is 5.86. The first kappa shape index (κ1) is 12.1. The Morgan fingerprint density at radius 2 is 2.27 bits per heavy atom. The summed E-state index contributed by atoms with van der Waals surface area (Å²) in [6.45, 7) is 2.85. The van der Waals surface area contributed by atoms with E-state index in [0.717, 1.165) is 12.0 Å². The molecule has 2 nitrogen and oxygen atoms in total. The fourth-order valence-electron chi connectivity index (χ4n) is 1.15. The fourth-order valence-corrected chi connectivity index (χ4v) is 1.35. The Morgan fingerprint density at radius 1 is 1.40 bits per heavy atom. The highest BCUT2D eigenvalue weighted by Gasteiger charge is 1.89. The molecule has 0 unspecified atom stereocenters. The second-order valence-electron chi connectivity index (χ2n) is 3.33. The summed E-state index contributed by atoms with van der Waals surface area (Å²) >= 11 is 5.82. The van der Waals surface area contributed by atoms with E-state index in [2.05, 4.69) is 12.1 Å². The molecule has 1 aromatic carbocycles. The van der Waals surface area contributed by atoms with Crippen molar-refractivity contribution in [3.05, 3.63) is 34.9 Å². The number of rotatable bonds is 6. The minimum Gasteiger partial charge on any atom is -0.396 e. The normalized spacial score (nSPS) is 10.8. The average Bonchev–Trinajstić information content (AvgIpc) is 2.23. The molecular weight excluding hydrogens is 210 g/mol. The molecule has 0 aliphatic rings. The van der Waals surface area contributed by atoms with Crippen molar-refractivity contribution in [3.8, 4) is 0 Å². The van der Waals surface area contributed by atoms with Gasteiger partial charge in [-0.05, 0) is 24.1 Å². The van der Waals surface area contributed by atoms with Crippen molar-refractivity contribution in [2.24, 2.45) is 5.16 Å². The van der Waals surface area contributed by atoms with E-state index in [9.17, 15) is 0 Å². The highest BCUT2D eigenvalue weighted by molar-refractivity contribution is 6.30. The molecule has 0 aliphatic carbocycles. The summed E-state index contributed by atoms with van der Waals surface area (Å²) in [7, 11) is 0. The molecule has 0 fully saturated rings. The molecule has 1 rings (SSSR count). The number of hydrogen-bond acceptors (Lipinski definition) is 2. The molecule has 0 spiro atoms. The highest BCUT2D eigenvalue weighted by atomic mass is 35.5. The zero-order chi connectivity index (χ0) is 10.9. The van der Waals surface area contributed by atoms with E-state index in [4.69, 9.17) is 16.4 Å². The van der Waals surface area contributed by atoms with Gasteiger partial charge in [0.2, 0.25) is 0 Å². The molecule has 1 aromatic rings. The van der Waals surface area contributed by atoms with E-state index >= 15 is 0 Å². The van der Waals surface area contributed by atoms with Crippen molar-refractivity contribution in [1.29, 1.82) is 0 Å². The van der Waals surface area contributed by atoms with Gasteiger partial charge in [0, 0.05) is 5.02 Å². The molecule has 0 saturated heterocycles. The number of hydrogen-bond donors (Lipinski definition) is 0. The van der Waals surface area contributed by atoms with E-state index in [1.54, 1.807) is 6.21 Å². The first-order valence-corrected chi connectivity index (χ1v) is 5.61. The maximum absolute atomic E-state index is 5.82. The third-order valence-corrected chi connectivity index (χ3v) is 2.20. The van der Waals surface area contributed by atoms with Crippen LogP contribution in [0.15, 0.2) is 29.4 Å². The lowest BCUT2D eigenvalue weighted by molar-refractivity contribution is 0.141. The monoisotopic (exact) mass is 225 g/mol. The summed E-state index contributed by atoms with van der Waals surface area (Å²) < 4.78 is 0. The second-order valence-corrected chi connectivity index (χ2v) is 3.77. The van der Waals surface area contributed by atoms with E-state index in [1.807, 2.05) is 24.3 Å². The summed E-state index contributed by atoms with van der Waals surface area (Å²) in [4.78, 5) is 5.11. The molecule has 0 aliphatic heterocycles. The van der Waals surface area contributed by atoms with Crippen molar-refractivity contribution >= 4 is 17.8 Å². The predicted octanol–water partition coefficient (Wildman–Crippen LogP) is 3.88. The SMILES string of the molecule is CCCCCON=Cc1cccc(Cl)c1. The van der Waals surface area contributed by atoms with Crippen molar-refractivity contribution in [2.45, 2.75) is 26.2 Å². The summed E-state index contributed by atoms with van der Waals surface area (Å²) in [6.07, 6.45) is 5.12. The molecule has 0 atom stereocenters. The Labute approximate surface area is 95.9 Å². The van der Waals surface area contributed by atoms with Crippen LogP contribution in [0.1, 0.15) is 31.7 Å². The minimum atomic E-state index is 0.685. The molecule has 82 valence electrons. The minimum absolute atomic E-state index is 0.685. The van der Waals surface area contributed by atoms with Crippen LogP contribution in [0.5, 0.6) is 0 Å². The molecule has 0 N–H and O–H groups in total. The molecule has 0 saturated carbocycles. The van der Waals surface area contributed by atoms with Gasteiger partial charge in [0.05, 0.1) is 6.21 Å². The van der Waals surface area contributed by atoms with Gasteiger partial charge in [-0.1, -0.05) is 48.7 Å². The number of oxime groups is 1. The van der Waals surface area contributed by atoms with Gasteiger partial charge in [-0.3, -0.25) is 0 Å². The van der Waals surface area contributed by atoms with Crippen LogP contribution in [-0.4, -0.2) is 12.8 Å². The quantitative estimate of drug-likeness (QED) is 0.409. The number of halogens is 1. The van der Waals surface area contributed by atoms with Gasteiger partial charge in [-0.25, -0.2) is 0 Å². The molecule has 0 aromatic heterocycles. The van der Waals surface area contributed by atoms with Crippen molar-refractivity contribution in [3.63, 3.8) is 0 Å². The second kappa shape index (κ2) is 7.30. The largest absolute Gasteiger partial charge is 0.396 e. The van der Waals surface area contributed by atoms with Crippen molar-refractivity contribution in [1.82, 2.24) is 0 Å². The van der Waals surface area contributed by atoms with Crippen LogP contribution >= 0.6 is 11.6 Å². The third kappa shape index (κ3) is 5.43. The molecule has 0 bridgehead atoms. The maximum Gasteiger partial charge on any atom is 0.117 e. The lowest BCUT2D eigenvalue weighted by Gasteiger charge is -1.97. The Balaban J connectivity index is 2.26. The first-order chi connectivity index (χ1) is 7.33. The molecule has 3 heteroatoms. The number of unbranched alkanes of at least 4 members (excludes halogenated alkanes) is 2. The van der Waals surface area contributed by atoms with Gasteiger partial charge in [-0.2, -0.15) is 0 Å². The maximum atomic E-state index is 5.82. The van der Waals surface area contributed by atoms with Gasteiger partial charge in [0.15, 0.2) is 0 Å². The van der Waals surface area contributed by atoms with Gasteiger partial charge in [0.25, 0.3) is 0 Å². The lowest BCUT2D eigenvalue weighted by Crippen LogP contribution is -1.88. The average molecular weight is 226 g/mol. The summed E-state index contributed by atoms with van der Waals surface area (Å²) in [5.74, 6) is 0. The van der Waals surface area contributed by atoms with Crippen LogP contribution in [0, 0.1) is 0 Å². The van der Waals surface area contributed by atoms with E-state index in [0.29, 0.717) is 11.6 Å². The Morgan fingerprint density at radius 3 is 3.00 bits per heavy atom. The van der Waals surface area contributed by atoms with Crippen LogP contribution in [0.25, 0.3) is 0 Å². The van der Waals surface area contributed by atoms with Crippen LogP contribution in [-0.2, 0) is 4.84 Å². The predicted molar refractivity (Wildman–Crippen MR) is 64.5 cm³/mol. The van der Waals surface area contributed by atoms with Crippen molar-refractivity contribution < 1.29 is 4.84 Å². The van der Waals surface area contributed by atoms with Crippen LogP contribution in [0.3, 0.4) is 0 Å². The van der Waals surface area contributed by atoms with Crippen LogP contribution < -0.4 is 0 Å². The van der Waals surface area contributed by atoms with Crippen LogP contribution in [0.4, 0.5) is 0 Å². The molecule has 0 amide bonds. The summed E-state index contributed by atoms with van der Waals surface area (Å²) in [6, 6.07) is 7.51. The van der Waals surface area contributed by atoms with E-state index in [1.165, 1.54) is 12.8 Å². The number of nitrogens with zero attached hydrogens (tertiary/aromatic N) is 1. The highest BCUT2D eigenvalue weighted by Crippen LogP contribution is 2.08. The zero-order valence-electron chi connectivity index (χ0n) is 8.95. The molecule has 0 heterocycles. The summed E-state index contributed by atoms with van der Waals surface area (Å²) in [5.41, 5.74) is 0.956. The van der Waals surface area contributed by atoms with Crippen molar-refractivity contribution in [2.75, 3.05) is 6.61 Å². The smallest absolute Gasteiger partial charge is 0.117 e. The van der Waals surface area contributed by atoms with Crippen LogP contribution in [0.2, 0.25) is 5.02 Å². The lowest BCUT2D eigenvalue weighted by atomic mass is 10.2. The van der Waals surface area contributed by atoms with Gasteiger partial charge >= 0.3 is 0 Å². The first-order valence-electron chi connectivity index (χ1n) is 5.24. The third-order valence-electron chi connectivity index (χ3n) is 1.96.